The van der Waals surface area contributed by atoms with Crippen LogP contribution in [-0.4, -0.2) is 36.5 Å². The van der Waals surface area contributed by atoms with Gasteiger partial charge in [0.25, 0.3) is 0 Å². The average molecular weight is 240 g/mol. The van der Waals surface area contributed by atoms with E-state index < -0.39 is 18.2 Å². The standard InChI is InChI=1S/C12H16O5/c1-16-9-5-3-8(4-6-9)12(15)10(13)7-11(14)17-2/h3-6,10,12-13,15H,7H2,1-2H3. The second kappa shape index (κ2) is 6.22. The number of carbonyl (C=O) groups excluding carboxylic acids is 1. The molecule has 0 bridgehead atoms. The van der Waals surface area contributed by atoms with E-state index in [2.05, 4.69) is 4.74 Å². The summed E-state index contributed by atoms with van der Waals surface area (Å²) in [4.78, 5) is 10.9. The van der Waals surface area contributed by atoms with Gasteiger partial charge in [-0.15, -0.1) is 0 Å². The van der Waals surface area contributed by atoms with E-state index in [1.807, 2.05) is 0 Å². The number of ether oxygens (including phenoxy) is 2. The third-order valence-corrected chi connectivity index (χ3v) is 2.43. The molecule has 0 aromatic heterocycles. The molecule has 1 aromatic rings. The van der Waals surface area contributed by atoms with Crippen molar-refractivity contribution >= 4 is 5.97 Å². The summed E-state index contributed by atoms with van der Waals surface area (Å²) in [7, 11) is 2.77. The molecule has 2 unspecified atom stereocenters. The van der Waals surface area contributed by atoms with Gasteiger partial charge in [-0.2, -0.15) is 0 Å². The molecule has 0 aliphatic heterocycles. The lowest BCUT2D eigenvalue weighted by molar-refractivity contribution is -0.144. The topological polar surface area (TPSA) is 76.0 Å². The maximum absolute atomic E-state index is 10.9. The van der Waals surface area contributed by atoms with Gasteiger partial charge in [0.2, 0.25) is 0 Å². The first-order chi connectivity index (χ1) is 8.08. The SMILES string of the molecule is COC(=O)CC(O)C(O)c1ccc(OC)cc1. The zero-order valence-electron chi connectivity index (χ0n) is 9.79. The number of hydrogen-bond acceptors (Lipinski definition) is 5. The van der Waals surface area contributed by atoms with E-state index in [1.165, 1.54) is 14.2 Å². The van der Waals surface area contributed by atoms with Crippen molar-refractivity contribution in [2.45, 2.75) is 18.6 Å². The van der Waals surface area contributed by atoms with Gasteiger partial charge in [0, 0.05) is 0 Å². The van der Waals surface area contributed by atoms with Crippen LogP contribution in [0.4, 0.5) is 0 Å². The first kappa shape index (κ1) is 13.5. The Labute approximate surface area is 99.6 Å². The summed E-state index contributed by atoms with van der Waals surface area (Å²) < 4.78 is 9.39. The number of esters is 1. The number of aliphatic hydroxyl groups excluding tert-OH is 2. The smallest absolute Gasteiger partial charge is 0.308 e. The van der Waals surface area contributed by atoms with Crippen LogP contribution in [0.1, 0.15) is 18.1 Å². The van der Waals surface area contributed by atoms with Crippen molar-refractivity contribution in [3.63, 3.8) is 0 Å². The van der Waals surface area contributed by atoms with Crippen molar-refractivity contribution in [3.05, 3.63) is 29.8 Å². The number of rotatable bonds is 5. The highest BCUT2D eigenvalue weighted by Gasteiger charge is 2.21. The number of methoxy groups -OCH3 is 2. The molecular formula is C12H16O5. The Balaban J connectivity index is 2.67. The van der Waals surface area contributed by atoms with E-state index in [0.717, 1.165) is 0 Å². The summed E-state index contributed by atoms with van der Waals surface area (Å²) in [5, 5.41) is 19.4. The van der Waals surface area contributed by atoms with Crippen molar-refractivity contribution in [1.29, 1.82) is 0 Å². The Morgan fingerprint density at radius 2 is 1.82 bits per heavy atom. The molecule has 0 fully saturated rings. The maximum Gasteiger partial charge on any atom is 0.308 e. The van der Waals surface area contributed by atoms with Crippen LogP contribution in [0.5, 0.6) is 5.75 Å². The van der Waals surface area contributed by atoms with Crippen LogP contribution < -0.4 is 4.74 Å². The van der Waals surface area contributed by atoms with Crippen molar-refractivity contribution in [3.8, 4) is 5.75 Å². The fourth-order valence-corrected chi connectivity index (χ4v) is 1.39. The lowest BCUT2D eigenvalue weighted by atomic mass is 10.0. The molecule has 94 valence electrons. The van der Waals surface area contributed by atoms with Crippen LogP contribution in [0.25, 0.3) is 0 Å². The Kier molecular flexibility index (Phi) is 4.93. The predicted molar refractivity (Wildman–Crippen MR) is 60.6 cm³/mol. The first-order valence-electron chi connectivity index (χ1n) is 5.15. The highest BCUT2D eigenvalue weighted by molar-refractivity contribution is 5.69. The summed E-state index contributed by atoms with van der Waals surface area (Å²) in [6.45, 7) is 0. The molecule has 5 heteroatoms. The van der Waals surface area contributed by atoms with Gasteiger partial charge in [0.1, 0.15) is 11.9 Å². The Hall–Kier alpha value is -1.59. The van der Waals surface area contributed by atoms with Gasteiger partial charge in [0.05, 0.1) is 26.7 Å². The summed E-state index contributed by atoms with van der Waals surface area (Å²) in [6, 6.07) is 6.60. The monoisotopic (exact) mass is 240 g/mol. The fraction of sp³-hybridized carbons (Fsp3) is 0.417. The molecule has 1 rings (SSSR count). The van der Waals surface area contributed by atoms with Gasteiger partial charge in [-0.1, -0.05) is 12.1 Å². The highest BCUT2D eigenvalue weighted by Crippen LogP contribution is 2.21. The Morgan fingerprint density at radius 1 is 1.24 bits per heavy atom. The van der Waals surface area contributed by atoms with Gasteiger partial charge in [-0.05, 0) is 17.7 Å². The maximum atomic E-state index is 10.9. The molecule has 5 nitrogen and oxygen atoms in total. The Morgan fingerprint density at radius 3 is 2.29 bits per heavy atom. The minimum Gasteiger partial charge on any atom is -0.497 e. The Bertz CT molecular complexity index is 360. The van der Waals surface area contributed by atoms with E-state index >= 15 is 0 Å². The van der Waals surface area contributed by atoms with Crippen LogP contribution in [-0.2, 0) is 9.53 Å². The van der Waals surface area contributed by atoms with Crippen LogP contribution in [0, 0.1) is 0 Å². The van der Waals surface area contributed by atoms with Crippen LogP contribution in [0.15, 0.2) is 24.3 Å². The molecule has 0 aliphatic rings. The molecule has 0 heterocycles. The minimum atomic E-state index is -1.18. The molecule has 2 N–H and O–H groups in total. The first-order valence-corrected chi connectivity index (χ1v) is 5.15. The molecule has 0 spiro atoms. The minimum absolute atomic E-state index is 0.246. The lowest BCUT2D eigenvalue weighted by Crippen LogP contribution is -2.22. The predicted octanol–water partition coefficient (Wildman–Crippen LogP) is 0.653. The zero-order valence-corrected chi connectivity index (χ0v) is 9.79. The molecule has 0 radical (unpaired) electrons. The summed E-state index contributed by atoms with van der Waals surface area (Å²) in [5.74, 6) is 0.0912. The van der Waals surface area contributed by atoms with E-state index in [9.17, 15) is 15.0 Å². The highest BCUT2D eigenvalue weighted by atomic mass is 16.5. The number of carbonyl (C=O) groups is 1. The van der Waals surface area contributed by atoms with Crippen molar-refractivity contribution < 1.29 is 24.5 Å². The molecule has 0 saturated heterocycles. The fourth-order valence-electron chi connectivity index (χ4n) is 1.39. The molecule has 0 saturated carbocycles. The number of aliphatic hydroxyl groups is 2. The van der Waals surface area contributed by atoms with E-state index in [-0.39, 0.29) is 6.42 Å². The lowest BCUT2D eigenvalue weighted by Gasteiger charge is -2.17. The molecular weight excluding hydrogens is 224 g/mol. The van der Waals surface area contributed by atoms with Gasteiger partial charge in [0.15, 0.2) is 0 Å². The molecule has 2 atom stereocenters. The van der Waals surface area contributed by atoms with Crippen LogP contribution in [0.3, 0.4) is 0 Å². The second-order valence-corrected chi connectivity index (χ2v) is 3.57. The summed E-state index contributed by atoms with van der Waals surface area (Å²) >= 11 is 0. The van der Waals surface area contributed by atoms with Gasteiger partial charge < -0.3 is 19.7 Å². The summed E-state index contributed by atoms with van der Waals surface area (Å²) in [5.41, 5.74) is 0.516. The van der Waals surface area contributed by atoms with E-state index in [0.29, 0.717) is 11.3 Å². The normalized spacial score (nSPS) is 13.9. The van der Waals surface area contributed by atoms with Crippen molar-refractivity contribution in [2.24, 2.45) is 0 Å². The molecule has 0 aliphatic carbocycles. The van der Waals surface area contributed by atoms with E-state index in [4.69, 9.17) is 4.74 Å². The zero-order chi connectivity index (χ0) is 12.8. The molecule has 17 heavy (non-hydrogen) atoms. The van der Waals surface area contributed by atoms with Crippen molar-refractivity contribution in [2.75, 3.05) is 14.2 Å². The average Bonchev–Trinajstić information content (AvgIpc) is 2.37. The second-order valence-electron chi connectivity index (χ2n) is 3.57. The quantitative estimate of drug-likeness (QED) is 0.739. The summed E-state index contributed by atoms with van der Waals surface area (Å²) in [6.07, 6.45) is -2.56. The third kappa shape index (κ3) is 3.72. The van der Waals surface area contributed by atoms with E-state index in [1.54, 1.807) is 24.3 Å². The molecule has 0 amide bonds. The van der Waals surface area contributed by atoms with Crippen molar-refractivity contribution in [1.82, 2.24) is 0 Å². The molecule has 1 aromatic carbocycles. The number of benzene rings is 1. The third-order valence-electron chi connectivity index (χ3n) is 2.43. The van der Waals surface area contributed by atoms with Crippen LogP contribution in [0.2, 0.25) is 0 Å². The van der Waals surface area contributed by atoms with Gasteiger partial charge in [-0.3, -0.25) is 4.79 Å². The van der Waals surface area contributed by atoms with Gasteiger partial charge in [-0.25, -0.2) is 0 Å². The van der Waals surface area contributed by atoms with Gasteiger partial charge >= 0.3 is 5.97 Å². The largest absolute Gasteiger partial charge is 0.497 e. The van der Waals surface area contributed by atoms with Crippen LogP contribution >= 0.6 is 0 Å². The number of hydrogen-bond donors (Lipinski definition) is 2.